The predicted molar refractivity (Wildman–Crippen MR) is 41.0 cm³/mol. The molecule has 10 heavy (non-hydrogen) atoms. The molecule has 5 heteroatoms. The quantitative estimate of drug-likeness (QED) is 0.698. The van der Waals surface area contributed by atoms with Crippen molar-refractivity contribution in [2.45, 2.75) is 0 Å². The van der Waals surface area contributed by atoms with E-state index in [2.05, 4.69) is 10.3 Å². The van der Waals surface area contributed by atoms with Crippen molar-refractivity contribution in [3.63, 3.8) is 0 Å². The average Bonchev–Trinajstić information content (AvgIpc) is 2.31. The smallest absolute Gasteiger partial charge is 0.184 e. The molecule has 0 atom stereocenters. The Kier molecular flexibility index (Phi) is 2.44. The van der Waals surface area contributed by atoms with Crippen LogP contribution in [0.2, 0.25) is 0 Å². The maximum Gasteiger partial charge on any atom is 0.184 e. The Morgan fingerprint density at radius 2 is 2.60 bits per heavy atom. The molecule has 0 amide bonds. The molecule has 3 nitrogen and oxygen atoms in total. The highest BCUT2D eigenvalue weighted by Crippen LogP contribution is 2.18. The monoisotopic (exact) mass is 161 g/mol. The lowest BCUT2D eigenvalue weighted by Gasteiger charge is -1.94. The number of nitrogens with one attached hydrogen (secondary N) is 1. The first-order valence-electron chi connectivity index (χ1n) is 2.84. The molecule has 0 saturated carbocycles. The molecule has 0 aliphatic carbocycles. The van der Waals surface area contributed by atoms with Crippen LogP contribution in [-0.2, 0) is 0 Å². The summed E-state index contributed by atoms with van der Waals surface area (Å²) in [6.07, 6.45) is 1.55. The maximum absolute atomic E-state index is 11.6. The summed E-state index contributed by atoms with van der Waals surface area (Å²) in [5.41, 5.74) is 5.37. The molecule has 0 unspecified atom stereocenters. The third-order valence-electron chi connectivity index (χ3n) is 0.894. The third kappa shape index (κ3) is 1.84. The lowest BCUT2D eigenvalue weighted by atomic mass is 10.7. The van der Waals surface area contributed by atoms with Gasteiger partial charge in [0.1, 0.15) is 11.7 Å². The summed E-state index contributed by atoms with van der Waals surface area (Å²) >= 11 is 1.32. The van der Waals surface area contributed by atoms with E-state index in [0.717, 1.165) is 0 Å². The van der Waals surface area contributed by atoms with Crippen LogP contribution in [0.4, 0.5) is 14.5 Å². The summed E-state index contributed by atoms with van der Waals surface area (Å²) < 4.78 is 11.6. The number of hydrogen-bond acceptors (Lipinski definition) is 4. The molecule has 0 spiro atoms. The number of nitrogens with zero attached hydrogens (tertiary/aromatic N) is 1. The Labute approximate surface area is 62.1 Å². The number of thiazole rings is 1. The van der Waals surface area contributed by atoms with Crippen LogP contribution in [0.15, 0.2) is 6.20 Å². The molecule has 0 saturated heterocycles. The van der Waals surface area contributed by atoms with Crippen molar-refractivity contribution >= 4 is 21.5 Å². The van der Waals surface area contributed by atoms with Crippen LogP contribution < -0.4 is 11.1 Å². The first kappa shape index (κ1) is 7.27. The summed E-state index contributed by atoms with van der Waals surface area (Å²) in [6, 6.07) is 0. The minimum Gasteiger partial charge on any atom is -0.389 e. The molecule has 1 heterocycles. The molecule has 1 rings (SSSR count). The zero-order chi connectivity index (χ0) is 7.40. The van der Waals surface area contributed by atoms with Crippen LogP contribution in [0.25, 0.3) is 0 Å². The van der Waals surface area contributed by atoms with Gasteiger partial charge in [-0.25, -0.2) is 9.37 Å². The molecule has 0 aliphatic heterocycles. The second-order valence-corrected chi connectivity index (χ2v) is 2.75. The number of hydrogen-bond donors (Lipinski definition) is 2. The van der Waals surface area contributed by atoms with Crippen LogP contribution in [0.3, 0.4) is 0 Å². The molecule has 3 N–H and O–H groups in total. The molecule has 0 radical (unpaired) electrons. The minimum atomic E-state index is -0.389. The van der Waals surface area contributed by atoms with Crippen LogP contribution in [-0.4, -0.2) is 18.2 Å². The van der Waals surface area contributed by atoms with Gasteiger partial charge in [-0.1, -0.05) is 11.3 Å². The summed E-state index contributed by atoms with van der Waals surface area (Å²) in [5.74, 6) is 0. The topological polar surface area (TPSA) is 50.9 Å². The van der Waals surface area contributed by atoms with Gasteiger partial charge in [0.05, 0.1) is 6.20 Å². The molecule has 56 valence electrons. The van der Waals surface area contributed by atoms with Crippen molar-refractivity contribution in [2.24, 2.45) is 0 Å². The molecule has 0 fully saturated rings. The largest absolute Gasteiger partial charge is 0.389 e. The number of rotatable bonds is 3. The van der Waals surface area contributed by atoms with Gasteiger partial charge in [-0.15, -0.1) is 0 Å². The minimum absolute atomic E-state index is 0.299. The van der Waals surface area contributed by atoms with Crippen molar-refractivity contribution in [3.8, 4) is 0 Å². The van der Waals surface area contributed by atoms with Crippen molar-refractivity contribution < 1.29 is 4.39 Å². The van der Waals surface area contributed by atoms with E-state index in [-0.39, 0.29) is 6.67 Å². The van der Waals surface area contributed by atoms with E-state index in [0.29, 0.717) is 16.7 Å². The van der Waals surface area contributed by atoms with Gasteiger partial charge in [0.2, 0.25) is 0 Å². The SMILES string of the molecule is Nc1cnc(NCCF)s1. The number of nitrogen functional groups attached to an aromatic ring is 1. The highest BCUT2D eigenvalue weighted by atomic mass is 32.1. The van der Waals surface area contributed by atoms with Gasteiger partial charge in [-0.05, 0) is 0 Å². The summed E-state index contributed by atoms with van der Waals surface area (Å²) in [7, 11) is 0. The first-order valence-corrected chi connectivity index (χ1v) is 3.65. The van der Waals surface area contributed by atoms with E-state index in [1.807, 2.05) is 0 Å². The Morgan fingerprint density at radius 1 is 1.80 bits per heavy atom. The fourth-order valence-electron chi connectivity index (χ4n) is 0.522. The summed E-state index contributed by atoms with van der Waals surface area (Å²) in [5, 5.41) is 4.08. The van der Waals surface area contributed by atoms with Gasteiger partial charge >= 0.3 is 0 Å². The van der Waals surface area contributed by atoms with Gasteiger partial charge in [0.15, 0.2) is 5.13 Å². The highest BCUT2D eigenvalue weighted by Gasteiger charge is 1.95. The first-order chi connectivity index (χ1) is 4.83. The van der Waals surface area contributed by atoms with Crippen LogP contribution in [0, 0.1) is 0 Å². The number of anilines is 2. The van der Waals surface area contributed by atoms with E-state index >= 15 is 0 Å². The molecule has 0 bridgehead atoms. The maximum atomic E-state index is 11.6. The van der Waals surface area contributed by atoms with Gasteiger partial charge in [-0.2, -0.15) is 0 Å². The lowest BCUT2D eigenvalue weighted by molar-refractivity contribution is 0.512. The molecule has 1 aromatic rings. The second-order valence-electron chi connectivity index (χ2n) is 1.68. The predicted octanol–water partition coefficient (Wildman–Crippen LogP) is 1.11. The van der Waals surface area contributed by atoms with Crippen molar-refractivity contribution in [1.82, 2.24) is 4.98 Å². The molecular weight excluding hydrogens is 153 g/mol. The number of alkyl halides is 1. The number of aromatic nitrogens is 1. The van der Waals surface area contributed by atoms with E-state index in [1.165, 1.54) is 11.3 Å². The van der Waals surface area contributed by atoms with Gasteiger partial charge < -0.3 is 11.1 Å². The fraction of sp³-hybridized carbons (Fsp3) is 0.400. The summed E-state index contributed by atoms with van der Waals surface area (Å²) in [6.45, 7) is -0.0908. The van der Waals surface area contributed by atoms with Gasteiger partial charge in [0, 0.05) is 6.54 Å². The van der Waals surface area contributed by atoms with Gasteiger partial charge in [-0.3, -0.25) is 0 Å². The molecule has 1 aromatic heterocycles. The van der Waals surface area contributed by atoms with E-state index in [9.17, 15) is 4.39 Å². The lowest BCUT2D eigenvalue weighted by Crippen LogP contribution is -2.01. The molecular formula is C5H8FN3S. The normalized spacial score (nSPS) is 9.70. The van der Waals surface area contributed by atoms with Crippen LogP contribution >= 0.6 is 11.3 Å². The fourth-order valence-corrected chi connectivity index (χ4v) is 1.13. The number of nitrogens with two attached hydrogens (primary N) is 1. The van der Waals surface area contributed by atoms with Crippen LogP contribution in [0.1, 0.15) is 0 Å². The standard InChI is InChI=1S/C5H8FN3S/c6-1-2-8-5-9-3-4(7)10-5/h3H,1-2,7H2,(H,8,9). The number of halogens is 1. The zero-order valence-electron chi connectivity index (χ0n) is 5.30. The summed E-state index contributed by atoms with van der Waals surface area (Å²) in [4.78, 5) is 3.87. The molecule has 0 aromatic carbocycles. The van der Waals surface area contributed by atoms with Crippen molar-refractivity contribution in [2.75, 3.05) is 24.3 Å². The zero-order valence-corrected chi connectivity index (χ0v) is 6.12. The Balaban J connectivity index is 2.42. The second kappa shape index (κ2) is 3.36. The molecule has 0 aliphatic rings. The van der Waals surface area contributed by atoms with E-state index in [4.69, 9.17) is 5.73 Å². The van der Waals surface area contributed by atoms with Crippen molar-refractivity contribution in [1.29, 1.82) is 0 Å². The third-order valence-corrected chi connectivity index (χ3v) is 1.68. The van der Waals surface area contributed by atoms with E-state index in [1.54, 1.807) is 6.20 Å². The Hall–Kier alpha value is -0.840. The van der Waals surface area contributed by atoms with Gasteiger partial charge in [0.25, 0.3) is 0 Å². The average molecular weight is 161 g/mol. The Bertz CT molecular complexity index is 201. The van der Waals surface area contributed by atoms with Crippen LogP contribution in [0.5, 0.6) is 0 Å². The highest BCUT2D eigenvalue weighted by molar-refractivity contribution is 7.19. The van der Waals surface area contributed by atoms with Crippen molar-refractivity contribution in [3.05, 3.63) is 6.20 Å². The Morgan fingerprint density at radius 3 is 3.10 bits per heavy atom. The van der Waals surface area contributed by atoms with E-state index < -0.39 is 0 Å².